The van der Waals surface area contributed by atoms with Crippen molar-refractivity contribution < 1.29 is 14.3 Å². The number of nitriles is 1. The van der Waals surface area contributed by atoms with Gasteiger partial charge in [0.2, 0.25) is 0 Å². The highest BCUT2D eigenvalue weighted by atomic mass is 16.6. The van der Waals surface area contributed by atoms with Crippen molar-refractivity contribution in [2.45, 2.75) is 12.8 Å². The number of esters is 2. The van der Waals surface area contributed by atoms with E-state index < -0.39 is 11.9 Å². The van der Waals surface area contributed by atoms with E-state index in [1.807, 2.05) is 0 Å². The number of cyclic esters (lactones) is 2. The molecular weight excluding hydrogens is 146 g/mol. The van der Waals surface area contributed by atoms with Crippen LogP contribution in [-0.2, 0) is 14.3 Å². The van der Waals surface area contributed by atoms with Crippen LogP contribution < -0.4 is 0 Å². The summed E-state index contributed by atoms with van der Waals surface area (Å²) in [6, 6.07) is 1.69. The zero-order valence-corrected chi connectivity index (χ0v) is 5.87. The number of nitrogens with zero attached hydrogens (tertiary/aromatic N) is 1. The monoisotopic (exact) mass is 153 g/mol. The van der Waals surface area contributed by atoms with Crippen LogP contribution in [0.3, 0.4) is 0 Å². The van der Waals surface area contributed by atoms with Crippen molar-refractivity contribution in [1.29, 1.82) is 5.26 Å². The van der Waals surface area contributed by atoms with Crippen LogP contribution in [0.15, 0.2) is 12.7 Å². The van der Waals surface area contributed by atoms with Crippen LogP contribution in [0.5, 0.6) is 0 Å². The molecule has 0 bridgehead atoms. The topological polar surface area (TPSA) is 67.2 Å². The summed E-state index contributed by atoms with van der Waals surface area (Å²) < 4.78 is 4.08. The molecule has 0 aromatic heterocycles. The quantitative estimate of drug-likeness (QED) is 0.289. The maximum atomic E-state index is 10.0. The number of carbonyl (C=O) groups is 2. The summed E-state index contributed by atoms with van der Waals surface area (Å²) in [5, 5.41) is 7.51. The van der Waals surface area contributed by atoms with E-state index in [-0.39, 0.29) is 12.8 Å². The minimum atomic E-state index is -0.398. The summed E-state index contributed by atoms with van der Waals surface area (Å²) in [6.45, 7) is 3.12. The number of carbonyl (C=O) groups excluding carboxylic acids is 2. The third kappa shape index (κ3) is 4.85. The Kier molecular flexibility index (Phi) is 4.41. The number of hydrogen-bond donors (Lipinski definition) is 0. The molecule has 1 fully saturated rings. The Hall–Kier alpha value is -1.63. The lowest BCUT2D eigenvalue weighted by Crippen LogP contribution is -1.94. The molecule has 0 aliphatic carbocycles. The fourth-order valence-corrected chi connectivity index (χ4v) is 0.433. The zero-order chi connectivity index (χ0) is 8.69. The molecule has 4 heteroatoms. The highest BCUT2D eigenvalue weighted by Crippen LogP contribution is 2.03. The van der Waals surface area contributed by atoms with Crippen LogP contribution >= 0.6 is 0 Å². The number of rotatable bonds is 0. The van der Waals surface area contributed by atoms with E-state index in [1.54, 1.807) is 6.07 Å². The average molecular weight is 153 g/mol. The van der Waals surface area contributed by atoms with E-state index in [2.05, 4.69) is 11.3 Å². The van der Waals surface area contributed by atoms with Gasteiger partial charge in [0.1, 0.15) is 0 Å². The molecule has 4 nitrogen and oxygen atoms in total. The predicted octanol–water partition coefficient (Wildman–Crippen LogP) is 0.546. The summed E-state index contributed by atoms with van der Waals surface area (Å²) in [4.78, 5) is 20.0. The number of hydrogen-bond acceptors (Lipinski definition) is 4. The van der Waals surface area contributed by atoms with Crippen molar-refractivity contribution in [2.75, 3.05) is 0 Å². The van der Waals surface area contributed by atoms with Crippen LogP contribution in [-0.4, -0.2) is 11.9 Å². The maximum absolute atomic E-state index is 10.0. The molecule has 0 saturated carbocycles. The highest BCUT2D eigenvalue weighted by Gasteiger charge is 2.19. The summed E-state index contributed by atoms with van der Waals surface area (Å²) in [7, 11) is 0. The lowest BCUT2D eigenvalue weighted by Gasteiger charge is -1.79. The lowest BCUT2D eigenvalue weighted by atomic mass is 10.4. The van der Waals surface area contributed by atoms with Gasteiger partial charge in [-0.3, -0.25) is 9.59 Å². The molecule has 1 heterocycles. The van der Waals surface area contributed by atoms with E-state index >= 15 is 0 Å². The Bertz CT molecular complexity index is 200. The lowest BCUT2D eigenvalue weighted by molar-refractivity contribution is -0.151. The average Bonchev–Trinajstić information content (AvgIpc) is 2.35. The molecule has 0 aromatic carbocycles. The Balaban J connectivity index is 0.000000218. The molecule has 1 rings (SSSR count). The molecule has 1 aliphatic rings. The molecule has 58 valence electrons. The molecular formula is C7H7NO3. The summed E-state index contributed by atoms with van der Waals surface area (Å²) >= 11 is 0. The Morgan fingerprint density at radius 3 is 1.91 bits per heavy atom. The molecule has 0 unspecified atom stereocenters. The Morgan fingerprint density at radius 1 is 1.45 bits per heavy atom. The van der Waals surface area contributed by atoms with Crippen LogP contribution in [0.2, 0.25) is 0 Å². The van der Waals surface area contributed by atoms with Crippen molar-refractivity contribution in [3.05, 3.63) is 12.7 Å². The largest absolute Gasteiger partial charge is 0.393 e. The third-order valence-corrected chi connectivity index (χ3v) is 0.852. The first kappa shape index (κ1) is 9.37. The van der Waals surface area contributed by atoms with E-state index in [0.717, 1.165) is 0 Å². The van der Waals surface area contributed by atoms with E-state index in [0.29, 0.717) is 0 Å². The smallest absolute Gasteiger partial charge is 0.314 e. The number of allylic oxidation sites excluding steroid dienone is 1. The second-order valence-corrected chi connectivity index (χ2v) is 1.68. The van der Waals surface area contributed by atoms with Crippen LogP contribution in [0.4, 0.5) is 0 Å². The fraction of sp³-hybridized carbons (Fsp3) is 0.286. The van der Waals surface area contributed by atoms with E-state index in [4.69, 9.17) is 5.26 Å². The molecule has 0 amide bonds. The third-order valence-electron chi connectivity index (χ3n) is 0.852. The first-order valence-electron chi connectivity index (χ1n) is 2.94. The standard InChI is InChI=1S/C4H4O3.C3H3N/c5-3-1-2-4(6)7-3;1-2-3-4/h1-2H2;2H,1H2. The van der Waals surface area contributed by atoms with E-state index in [1.165, 1.54) is 6.08 Å². The van der Waals surface area contributed by atoms with Crippen molar-refractivity contribution >= 4 is 11.9 Å². The molecule has 0 atom stereocenters. The first-order chi connectivity index (χ1) is 5.20. The second-order valence-electron chi connectivity index (χ2n) is 1.68. The van der Waals surface area contributed by atoms with Crippen LogP contribution in [0, 0.1) is 11.3 Å². The van der Waals surface area contributed by atoms with Crippen molar-refractivity contribution in [3.63, 3.8) is 0 Å². The van der Waals surface area contributed by atoms with Crippen LogP contribution in [0.25, 0.3) is 0 Å². The highest BCUT2D eigenvalue weighted by molar-refractivity contribution is 5.92. The molecule has 0 N–H and O–H groups in total. The Morgan fingerprint density at radius 2 is 1.82 bits per heavy atom. The van der Waals surface area contributed by atoms with Gasteiger partial charge >= 0.3 is 11.9 Å². The Labute approximate surface area is 64.1 Å². The van der Waals surface area contributed by atoms with Gasteiger partial charge < -0.3 is 4.74 Å². The normalized spacial score (nSPS) is 14.1. The summed E-state index contributed by atoms with van der Waals surface area (Å²) in [5.41, 5.74) is 0. The van der Waals surface area contributed by atoms with Gasteiger partial charge in [-0.25, -0.2) is 0 Å². The van der Waals surface area contributed by atoms with Crippen molar-refractivity contribution in [2.24, 2.45) is 0 Å². The molecule has 0 spiro atoms. The summed E-state index contributed by atoms with van der Waals surface area (Å²) in [5.74, 6) is -0.796. The SMILES string of the molecule is C=CC#N.O=C1CCC(=O)O1. The molecule has 1 saturated heterocycles. The van der Waals surface area contributed by atoms with Gasteiger partial charge in [-0.05, 0) is 0 Å². The predicted molar refractivity (Wildman–Crippen MR) is 36.1 cm³/mol. The second kappa shape index (κ2) is 5.18. The van der Waals surface area contributed by atoms with Gasteiger partial charge in [0.25, 0.3) is 0 Å². The number of ether oxygens (including phenoxy) is 1. The minimum Gasteiger partial charge on any atom is -0.393 e. The van der Waals surface area contributed by atoms with Gasteiger partial charge in [-0.15, -0.1) is 0 Å². The molecule has 11 heavy (non-hydrogen) atoms. The van der Waals surface area contributed by atoms with Crippen molar-refractivity contribution in [3.8, 4) is 6.07 Å². The summed E-state index contributed by atoms with van der Waals surface area (Å²) in [6.07, 6.45) is 1.71. The van der Waals surface area contributed by atoms with Gasteiger partial charge in [0.15, 0.2) is 0 Å². The fourth-order valence-electron chi connectivity index (χ4n) is 0.433. The minimum absolute atomic E-state index is 0.263. The molecule has 0 radical (unpaired) electrons. The molecule has 1 aliphatic heterocycles. The van der Waals surface area contributed by atoms with Crippen LogP contribution in [0.1, 0.15) is 12.8 Å². The van der Waals surface area contributed by atoms with Gasteiger partial charge in [0.05, 0.1) is 18.9 Å². The molecule has 0 aromatic rings. The first-order valence-corrected chi connectivity index (χ1v) is 2.94. The van der Waals surface area contributed by atoms with Gasteiger partial charge in [-0.2, -0.15) is 5.26 Å². The van der Waals surface area contributed by atoms with Gasteiger partial charge in [0, 0.05) is 6.08 Å². The van der Waals surface area contributed by atoms with Crippen molar-refractivity contribution in [1.82, 2.24) is 0 Å². The van der Waals surface area contributed by atoms with E-state index in [9.17, 15) is 9.59 Å². The zero-order valence-electron chi connectivity index (χ0n) is 5.87. The van der Waals surface area contributed by atoms with Gasteiger partial charge in [-0.1, -0.05) is 6.58 Å². The maximum Gasteiger partial charge on any atom is 0.314 e.